The minimum absolute atomic E-state index is 0.374. The fourth-order valence-corrected chi connectivity index (χ4v) is 4.08. The summed E-state index contributed by atoms with van der Waals surface area (Å²) in [5.41, 5.74) is 3.74. The number of piperidine rings is 1. The van der Waals surface area contributed by atoms with E-state index in [9.17, 15) is 0 Å². The van der Waals surface area contributed by atoms with Crippen LogP contribution in [0.4, 0.5) is 0 Å². The third-order valence-electron chi connectivity index (χ3n) is 5.66. The van der Waals surface area contributed by atoms with E-state index in [2.05, 4.69) is 46.9 Å². The van der Waals surface area contributed by atoms with Crippen molar-refractivity contribution in [1.29, 1.82) is 0 Å². The fourth-order valence-electron chi connectivity index (χ4n) is 4.08. The Labute approximate surface area is 162 Å². The minimum atomic E-state index is 0.374. The lowest BCUT2D eigenvalue weighted by Crippen LogP contribution is -2.35. The van der Waals surface area contributed by atoms with Crippen molar-refractivity contribution >= 4 is 0 Å². The zero-order valence-corrected chi connectivity index (χ0v) is 16.7. The maximum absolute atomic E-state index is 4.95. The molecule has 6 nitrogen and oxygen atoms in total. The Balaban J connectivity index is 1.42. The van der Waals surface area contributed by atoms with E-state index in [0.29, 0.717) is 11.8 Å². The molecule has 0 saturated carbocycles. The van der Waals surface area contributed by atoms with Crippen LogP contribution in [0.3, 0.4) is 0 Å². The Hall–Kier alpha value is -1.92. The zero-order chi connectivity index (χ0) is 18.8. The molecule has 2 aliphatic heterocycles. The van der Waals surface area contributed by atoms with Gasteiger partial charge < -0.3 is 4.90 Å². The summed E-state index contributed by atoms with van der Waals surface area (Å²) in [5.74, 6) is 2.76. The van der Waals surface area contributed by atoms with Gasteiger partial charge in [-0.2, -0.15) is 0 Å². The van der Waals surface area contributed by atoms with E-state index in [1.165, 1.54) is 29.7 Å². The van der Waals surface area contributed by atoms with Crippen LogP contribution >= 0.6 is 0 Å². The first-order chi connectivity index (χ1) is 13.1. The molecule has 1 saturated heterocycles. The normalized spacial score (nSPS) is 21.4. The molecule has 2 aliphatic rings. The fraction of sp³-hybridized carbons (Fsp3) is 0.619. The number of likely N-dealkylation sites (tertiary alicyclic amines) is 1. The largest absolute Gasteiger partial charge is 0.302 e. The number of aromatic nitrogens is 4. The molecular weight excluding hydrogens is 336 g/mol. The molecule has 0 spiro atoms. The number of hydrogen-bond acceptors (Lipinski definition) is 6. The van der Waals surface area contributed by atoms with Gasteiger partial charge in [0.25, 0.3) is 0 Å². The van der Waals surface area contributed by atoms with Crippen molar-refractivity contribution in [3.8, 4) is 0 Å². The van der Waals surface area contributed by atoms with Crippen molar-refractivity contribution in [2.45, 2.75) is 58.0 Å². The number of nitrogens with zero attached hydrogens (tertiary/aromatic N) is 6. The highest BCUT2D eigenvalue weighted by Gasteiger charge is 2.25. The van der Waals surface area contributed by atoms with Crippen LogP contribution in [0.5, 0.6) is 0 Å². The Morgan fingerprint density at radius 1 is 1.11 bits per heavy atom. The molecule has 4 heterocycles. The molecule has 0 radical (unpaired) electrons. The summed E-state index contributed by atoms with van der Waals surface area (Å²) in [7, 11) is 2.16. The van der Waals surface area contributed by atoms with Gasteiger partial charge in [0.2, 0.25) is 0 Å². The van der Waals surface area contributed by atoms with Gasteiger partial charge in [0.15, 0.2) is 0 Å². The first kappa shape index (κ1) is 18.4. The van der Waals surface area contributed by atoms with E-state index in [1.807, 2.05) is 12.4 Å². The van der Waals surface area contributed by atoms with Gasteiger partial charge in [-0.15, -0.1) is 0 Å². The quantitative estimate of drug-likeness (QED) is 0.829. The highest BCUT2D eigenvalue weighted by molar-refractivity contribution is 5.21. The summed E-state index contributed by atoms with van der Waals surface area (Å²) >= 11 is 0. The van der Waals surface area contributed by atoms with E-state index in [4.69, 9.17) is 9.97 Å². The van der Waals surface area contributed by atoms with E-state index in [0.717, 1.165) is 50.8 Å². The van der Waals surface area contributed by atoms with Crippen molar-refractivity contribution in [2.75, 3.05) is 26.7 Å². The monoisotopic (exact) mass is 366 g/mol. The van der Waals surface area contributed by atoms with Crippen molar-refractivity contribution in [3.05, 3.63) is 47.1 Å². The smallest absolute Gasteiger partial charge is 0.132 e. The summed E-state index contributed by atoms with van der Waals surface area (Å²) in [5, 5.41) is 0. The Morgan fingerprint density at radius 2 is 1.93 bits per heavy atom. The maximum atomic E-state index is 4.95. The number of fused-ring (bicyclic) bond motifs is 1. The van der Waals surface area contributed by atoms with Gasteiger partial charge in [0.1, 0.15) is 11.6 Å². The third-order valence-corrected chi connectivity index (χ3v) is 5.66. The van der Waals surface area contributed by atoms with Crippen molar-refractivity contribution in [3.63, 3.8) is 0 Å². The molecule has 27 heavy (non-hydrogen) atoms. The molecule has 1 atom stereocenters. The molecule has 0 aromatic carbocycles. The van der Waals surface area contributed by atoms with Crippen LogP contribution in [-0.4, -0.2) is 56.4 Å². The van der Waals surface area contributed by atoms with E-state index in [1.54, 1.807) is 0 Å². The van der Waals surface area contributed by atoms with Crippen molar-refractivity contribution in [1.82, 2.24) is 29.7 Å². The Morgan fingerprint density at radius 3 is 2.70 bits per heavy atom. The van der Waals surface area contributed by atoms with Crippen LogP contribution in [0.2, 0.25) is 0 Å². The highest BCUT2D eigenvalue weighted by Crippen LogP contribution is 2.27. The van der Waals surface area contributed by atoms with Crippen molar-refractivity contribution < 1.29 is 0 Å². The second kappa shape index (κ2) is 7.98. The first-order valence-corrected chi connectivity index (χ1v) is 10.1. The van der Waals surface area contributed by atoms with E-state index < -0.39 is 0 Å². The summed E-state index contributed by atoms with van der Waals surface area (Å²) in [6, 6.07) is 0. The average molecular weight is 367 g/mol. The zero-order valence-electron chi connectivity index (χ0n) is 16.7. The molecule has 1 fully saturated rings. The van der Waals surface area contributed by atoms with Crippen LogP contribution in [0, 0.1) is 0 Å². The summed E-state index contributed by atoms with van der Waals surface area (Å²) < 4.78 is 0. The van der Waals surface area contributed by atoms with Crippen LogP contribution in [-0.2, 0) is 19.5 Å². The number of likely N-dealkylation sites (N-methyl/N-ethyl adjacent to an activating group) is 1. The van der Waals surface area contributed by atoms with Crippen LogP contribution in [0.15, 0.2) is 18.6 Å². The van der Waals surface area contributed by atoms with Gasteiger partial charge in [-0.05, 0) is 26.4 Å². The van der Waals surface area contributed by atoms with E-state index in [-0.39, 0.29) is 0 Å². The number of hydrogen-bond donors (Lipinski definition) is 0. The van der Waals surface area contributed by atoms with Gasteiger partial charge >= 0.3 is 0 Å². The van der Waals surface area contributed by atoms with Crippen LogP contribution < -0.4 is 0 Å². The molecule has 6 heteroatoms. The molecule has 0 bridgehead atoms. The van der Waals surface area contributed by atoms with E-state index >= 15 is 0 Å². The topological polar surface area (TPSA) is 58.0 Å². The van der Waals surface area contributed by atoms with Crippen LogP contribution in [0.25, 0.3) is 0 Å². The molecule has 1 unspecified atom stereocenters. The van der Waals surface area contributed by atoms with Gasteiger partial charge in [0, 0.05) is 79.8 Å². The molecule has 4 rings (SSSR count). The lowest BCUT2D eigenvalue weighted by atomic mass is 9.96. The highest BCUT2D eigenvalue weighted by atomic mass is 15.1. The standard InChI is InChI=1S/C21H30N6/c1-15(2)20-22-9-16(10-23-20)12-27-7-4-5-17(14-27)21-24-11-18-13-26(3)8-6-19(18)25-21/h9-11,15,17H,4-8,12-14H2,1-3H3. The van der Waals surface area contributed by atoms with Crippen molar-refractivity contribution in [2.24, 2.45) is 0 Å². The second-order valence-corrected chi connectivity index (χ2v) is 8.37. The maximum Gasteiger partial charge on any atom is 0.132 e. The van der Waals surface area contributed by atoms with Gasteiger partial charge in [-0.1, -0.05) is 13.8 Å². The summed E-state index contributed by atoms with van der Waals surface area (Å²) in [6.07, 6.45) is 9.44. The summed E-state index contributed by atoms with van der Waals surface area (Å²) in [4.78, 5) is 23.5. The molecule has 0 N–H and O–H groups in total. The predicted octanol–water partition coefficient (Wildman–Crippen LogP) is 2.76. The van der Waals surface area contributed by atoms with Gasteiger partial charge in [-0.25, -0.2) is 19.9 Å². The van der Waals surface area contributed by atoms with Gasteiger partial charge in [-0.3, -0.25) is 4.90 Å². The molecule has 0 aliphatic carbocycles. The Kier molecular flexibility index (Phi) is 5.45. The third kappa shape index (κ3) is 4.33. The molecule has 2 aromatic heterocycles. The molecular formula is C21H30N6. The molecule has 144 valence electrons. The SMILES string of the molecule is CC(C)c1ncc(CN2CCCC(c3ncc4c(n3)CCN(C)C4)C2)cn1. The average Bonchev–Trinajstić information content (AvgIpc) is 2.68. The second-order valence-electron chi connectivity index (χ2n) is 8.37. The number of rotatable bonds is 4. The molecule has 2 aromatic rings. The predicted molar refractivity (Wildman–Crippen MR) is 105 cm³/mol. The Bertz CT molecular complexity index is 773. The first-order valence-electron chi connectivity index (χ1n) is 10.1. The summed E-state index contributed by atoms with van der Waals surface area (Å²) in [6.45, 7) is 9.36. The minimum Gasteiger partial charge on any atom is -0.302 e. The van der Waals surface area contributed by atoms with Crippen LogP contribution in [0.1, 0.15) is 67.0 Å². The van der Waals surface area contributed by atoms with Gasteiger partial charge in [0.05, 0.1) is 0 Å². The molecule has 0 amide bonds. The lowest BCUT2D eigenvalue weighted by Gasteiger charge is -2.32. The lowest BCUT2D eigenvalue weighted by molar-refractivity contribution is 0.195.